The Morgan fingerprint density at radius 3 is 2.95 bits per heavy atom. The van der Waals surface area contributed by atoms with Crippen LogP contribution in [0.4, 0.5) is 0 Å². The molecule has 1 N–H and O–H groups in total. The molecule has 0 bridgehead atoms. The molecule has 114 valence electrons. The molecule has 0 heterocycles. The van der Waals surface area contributed by atoms with E-state index in [0.717, 1.165) is 4.47 Å². The summed E-state index contributed by atoms with van der Waals surface area (Å²) in [5, 5.41) is 11.7. The van der Waals surface area contributed by atoms with Crippen LogP contribution >= 0.6 is 15.9 Å². The van der Waals surface area contributed by atoms with E-state index in [0.29, 0.717) is 24.5 Å². The zero-order chi connectivity index (χ0) is 16.4. The predicted molar refractivity (Wildman–Crippen MR) is 86.9 cm³/mol. The van der Waals surface area contributed by atoms with E-state index in [2.05, 4.69) is 27.2 Å². The van der Waals surface area contributed by atoms with E-state index in [-0.39, 0.29) is 12.2 Å². The Labute approximate surface area is 138 Å². The highest BCUT2D eigenvalue weighted by Gasteiger charge is 2.11. The molecule has 0 aliphatic heterocycles. The van der Waals surface area contributed by atoms with E-state index in [4.69, 9.17) is 21.2 Å². The van der Waals surface area contributed by atoms with Gasteiger partial charge in [0.1, 0.15) is 24.0 Å². The fourth-order valence-corrected chi connectivity index (χ4v) is 1.93. The van der Waals surface area contributed by atoms with Crippen LogP contribution < -0.4 is 10.1 Å². The molecule has 0 spiro atoms. The Bertz CT molecular complexity index is 642. The van der Waals surface area contributed by atoms with E-state index >= 15 is 0 Å². The smallest absolute Gasteiger partial charge is 0.262 e. The van der Waals surface area contributed by atoms with Crippen LogP contribution in [0.25, 0.3) is 6.08 Å². The summed E-state index contributed by atoms with van der Waals surface area (Å²) in [5.41, 5.74) is 0.558. The van der Waals surface area contributed by atoms with Crippen molar-refractivity contribution in [1.82, 2.24) is 5.32 Å². The van der Waals surface area contributed by atoms with Gasteiger partial charge in [0.25, 0.3) is 5.91 Å². The van der Waals surface area contributed by atoms with Gasteiger partial charge in [-0.25, -0.2) is 0 Å². The highest BCUT2D eigenvalue weighted by Crippen LogP contribution is 2.25. The van der Waals surface area contributed by atoms with E-state index in [1.54, 1.807) is 18.2 Å². The Hall–Kier alpha value is -2.28. The standard InChI is InChI=1S/C16H15BrN2O3/c1-3-7-22-15-5-4-14(17)10-12(15)9-13(11-18)16(20)19-6-8-21-2/h1,4-5,9-10H,6-8H2,2H3,(H,19,20)/b13-9+. The number of rotatable bonds is 7. The van der Waals surface area contributed by atoms with Gasteiger partial charge in [0.05, 0.1) is 6.61 Å². The molecule has 0 aliphatic carbocycles. The summed E-state index contributed by atoms with van der Waals surface area (Å²) in [6.07, 6.45) is 6.63. The third kappa shape index (κ3) is 5.61. The topological polar surface area (TPSA) is 71.3 Å². The number of carbonyl (C=O) groups is 1. The first-order valence-corrected chi connectivity index (χ1v) is 7.16. The monoisotopic (exact) mass is 362 g/mol. The summed E-state index contributed by atoms with van der Waals surface area (Å²) >= 11 is 3.34. The molecule has 22 heavy (non-hydrogen) atoms. The van der Waals surface area contributed by atoms with E-state index < -0.39 is 5.91 Å². The number of carbonyl (C=O) groups excluding carboxylic acids is 1. The summed E-state index contributed by atoms with van der Waals surface area (Å²) in [4.78, 5) is 11.9. The maximum absolute atomic E-state index is 11.9. The van der Waals surface area contributed by atoms with Crippen LogP contribution in [0.3, 0.4) is 0 Å². The molecule has 0 atom stereocenters. The van der Waals surface area contributed by atoms with Gasteiger partial charge in [0.2, 0.25) is 0 Å². The molecule has 5 nitrogen and oxygen atoms in total. The van der Waals surface area contributed by atoms with Gasteiger partial charge in [-0.05, 0) is 24.3 Å². The minimum Gasteiger partial charge on any atom is -0.480 e. The van der Waals surface area contributed by atoms with Crippen LogP contribution in [-0.4, -0.2) is 32.8 Å². The first-order chi connectivity index (χ1) is 10.6. The van der Waals surface area contributed by atoms with Crippen LogP contribution in [0.15, 0.2) is 28.2 Å². The molecule has 1 aromatic rings. The summed E-state index contributed by atoms with van der Waals surface area (Å²) in [6.45, 7) is 0.801. The van der Waals surface area contributed by atoms with Gasteiger partial charge >= 0.3 is 0 Å². The number of benzene rings is 1. The Morgan fingerprint density at radius 1 is 1.55 bits per heavy atom. The number of nitrogens with one attached hydrogen (secondary N) is 1. The van der Waals surface area contributed by atoms with Crippen molar-refractivity contribution in [3.63, 3.8) is 0 Å². The number of amides is 1. The maximum atomic E-state index is 11.9. The SMILES string of the molecule is C#CCOc1ccc(Br)cc1/C=C(\C#N)C(=O)NCCOC. The van der Waals surface area contributed by atoms with Crippen LogP contribution in [0.2, 0.25) is 0 Å². The fraction of sp³-hybridized carbons (Fsp3) is 0.250. The molecular formula is C16H15BrN2O3. The molecule has 1 rings (SSSR count). The predicted octanol–water partition coefficient (Wildman–Crippen LogP) is 2.13. The lowest BCUT2D eigenvalue weighted by atomic mass is 10.1. The number of halogens is 1. The van der Waals surface area contributed by atoms with Crippen molar-refractivity contribution >= 4 is 27.9 Å². The number of ether oxygens (including phenoxy) is 2. The minimum absolute atomic E-state index is 0.0280. The first kappa shape index (κ1) is 17.8. The lowest BCUT2D eigenvalue weighted by Gasteiger charge is -2.08. The van der Waals surface area contributed by atoms with Crippen molar-refractivity contribution in [2.24, 2.45) is 0 Å². The van der Waals surface area contributed by atoms with Crippen molar-refractivity contribution in [2.75, 3.05) is 26.9 Å². The van der Waals surface area contributed by atoms with E-state index in [1.165, 1.54) is 13.2 Å². The molecule has 0 unspecified atom stereocenters. The van der Waals surface area contributed by atoms with E-state index in [1.807, 2.05) is 6.07 Å². The van der Waals surface area contributed by atoms with Gasteiger partial charge in [0, 0.05) is 23.7 Å². The van der Waals surface area contributed by atoms with Gasteiger partial charge in [0.15, 0.2) is 0 Å². The largest absolute Gasteiger partial charge is 0.480 e. The summed E-state index contributed by atoms with van der Waals surface area (Å²) in [6, 6.07) is 7.12. The highest BCUT2D eigenvalue weighted by atomic mass is 79.9. The molecule has 0 aromatic heterocycles. The molecule has 1 aromatic carbocycles. The van der Waals surface area contributed by atoms with Crippen molar-refractivity contribution in [3.05, 3.63) is 33.8 Å². The second-order valence-electron chi connectivity index (χ2n) is 4.09. The quantitative estimate of drug-likeness (QED) is 0.349. The van der Waals surface area contributed by atoms with Crippen molar-refractivity contribution < 1.29 is 14.3 Å². The minimum atomic E-state index is -0.470. The first-order valence-electron chi connectivity index (χ1n) is 6.37. The van der Waals surface area contributed by atoms with Gasteiger partial charge in [-0.3, -0.25) is 4.79 Å². The lowest BCUT2D eigenvalue weighted by Crippen LogP contribution is -2.27. The lowest BCUT2D eigenvalue weighted by molar-refractivity contribution is -0.117. The van der Waals surface area contributed by atoms with Gasteiger partial charge < -0.3 is 14.8 Å². The zero-order valence-electron chi connectivity index (χ0n) is 12.1. The maximum Gasteiger partial charge on any atom is 0.262 e. The van der Waals surface area contributed by atoms with Crippen LogP contribution in [0.5, 0.6) is 5.75 Å². The normalized spacial score (nSPS) is 10.5. The summed E-state index contributed by atoms with van der Waals surface area (Å²) < 4.78 is 11.0. The Kier molecular flexibility index (Phi) is 7.77. The number of methoxy groups -OCH3 is 1. The van der Waals surface area contributed by atoms with Crippen molar-refractivity contribution in [1.29, 1.82) is 5.26 Å². The average molecular weight is 363 g/mol. The second kappa shape index (κ2) is 9.62. The summed E-state index contributed by atoms with van der Waals surface area (Å²) in [7, 11) is 1.53. The number of terminal acetylenes is 1. The number of hydrogen-bond donors (Lipinski definition) is 1. The number of hydrogen-bond acceptors (Lipinski definition) is 4. The molecule has 6 heteroatoms. The van der Waals surface area contributed by atoms with Gasteiger partial charge in [-0.15, -0.1) is 6.42 Å². The van der Waals surface area contributed by atoms with Crippen LogP contribution in [0.1, 0.15) is 5.56 Å². The van der Waals surface area contributed by atoms with Crippen LogP contribution in [0, 0.1) is 23.7 Å². The molecule has 0 saturated carbocycles. The summed E-state index contributed by atoms with van der Waals surface area (Å²) in [5.74, 6) is 2.40. The Morgan fingerprint density at radius 2 is 2.32 bits per heavy atom. The molecule has 0 saturated heterocycles. The molecule has 1 amide bonds. The molecule has 0 fully saturated rings. The van der Waals surface area contributed by atoms with E-state index in [9.17, 15) is 4.79 Å². The number of nitriles is 1. The van der Waals surface area contributed by atoms with Gasteiger partial charge in [-0.1, -0.05) is 21.9 Å². The zero-order valence-corrected chi connectivity index (χ0v) is 13.6. The van der Waals surface area contributed by atoms with Crippen molar-refractivity contribution in [3.8, 4) is 24.2 Å². The second-order valence-corrected chi connectivity index (χ2v) is 5.01. The fourth-order valence-electron chi connectivity index (χ4n) is 1.55. The molecular weight excluding hydrogens is 348 g/mol. The number of nitrogens with zero attached hydrogens (tertiary/aromatic N) is 1. The van der Waals surface area contributed by atoms with Crippen LogP contribution in [-0.2, 0) is 9.53 Å². The Balaban J connectivity index is 3.01. The highest BCUT2D eigenvalue weighted by molar-refractivity contribution is 9.10. The molecule has 0 aliphatic rings. The third-order valence-electron chi connectivity index (χ3n) is 2.54. The third-order valence-corrected chi connectivity index (χ3v) is 3.03. The van der Waals surface area contributed by atoms with Crippen molar-refractivity contribution in [2.45, 2.75) is 0 Å². The van der Waals surface area contributed by atoms with Gasteiger partial charge in [-0.2, -0.15) is 5.26 Å². The average Bonchev–Trinajstić information content (AvgIpc) is 2.51. The molecule has 0 radical (unpaired) electrons.